The molecule has 9 rings (SSSR count). The Hall–Kier alpha value is -7.86. The van der Waals surface area contributed by atoms with Gasteiger partial charge in [-0.3, -0.25) is 0 Å². The summed E-state index contributed by atoms with van der Waals surface area (Å²) in [6, 6.07) is 23.6. The highest BCUT2D eigenvalue weighted by atomic mass is 16.3. The lowest BCUT2D eigenvalue weighted by Crippen LogP contribution is -2.31. The molecule has 0 spiro atoms. The zero-order valence-corrected chi connectivity index (χ0v) is 29.3. The minimum atomic E-state index is -0.545. The summed E-state index contributed by atoms with van der Waals surface area (Å²) in [7, 11) is 0. The third-order valence-corrected chi connectivity index (χ3v) is 9.99. The number of rotatable bonds is 4. The normalized spacial score (nSPS) is 21.9. The quantitative estimate of drug-likeness (QED) is 0.120. The van der Waals surface area contributed by atoms with Gasteiger partial charge in [-0.1, -0.05) is 12.2 Å². The van der Waals surface area contributed by atoms with Gasteiger partial charge in [0.15, 0.2) is 0 Å². The standard InChI is InChI=1S/C44H34N4O8/c49-25-9-21(10-26(50)17-25)41-33-1-2-34(45-33)42(22-11-27(51)18-28(52)12-22)36-5-6-38(47-36)44(24-15-31(55)20-32(56)16-24)40-8-7-39(48-40)43(37-4-3-35(41)46-37)23-13-29(53)19-30(54)14-23/h1-20,33,39,45-56H/b41-35-,42-34-,43-37-,44-40-. The largest absolute Gasteiger partial charge is 0.508 e. The highest BCUT2D eigenvalue weighted by molar-refractivity contribution is 5.89. The first-order valence-corrected chi connectivity index (χ1v) is 17.6. The number of benzene rings is 4. The van der Waals surface area contributed by atoms with Crippen LogP contribution in [-0.2, 0) is 0 Å². The molecule has 4 aromatic carbocycles. The van der Waals surface area contributed by atoms with E-state index < -0.39 is 12.1 Å². The molecule has 12 nitrogen and oxygen atoms in total. The van der Waals surface area contributed by atoms with Gasteiger partial charge in [0.2, 0.25) is 0 Å². The molecule has 0 aliphatic carbocycles. The molecule has 12 N–H and O–H groups in total. The molecule has 8 bridgehead atoms. The van der Waals surface area contributed by atoms with E-state index in [0.29, 0.717) is 78.0 Å². The fourth-order valence-electron chi connectivity index (χ4n) is 7.85. The second-order valence-electron chi connectivity index (χ2n) is 13.9. The Morgan fingerprint density at radius 1 is 0.357 bits per heavy atom. The van der Waals surface area contributed by atoms with Gasteiger partial charge in [0.25, 0.3) is 0 Å². The van der Waals surface area contributed by atoms with Crippen LogP contribution in [0.15, 0.2) is 133 Å². The Morgan fingerprint density at radius 3 is 1.02 bits per heavy atom. The first kappa shape index (κ1) is 33.9. The van der Waals surface area contributed by atoms with Crippen molar-refractivity contribution in [3.63, 3.8) is 0 Å². The van der Waals surface area contributed by atoms with Crippen molar-refractivity contribution < 1.29 is 40.9 Å². The van der Waals surface area contributed by atoms with Gasteiger partial charge in [0.1, 0.15) is 46.0 Å². The maximum absolute atomic E-state index is 10.6. The number of aromatic hydroxyl groups is 8. The van der Waals surface area contributed by atoms with Gasteiger partial charge in [0, 0.05) is 80.0 Å². The van der Waals surface area contributed by atoms with Crippen molar-refractivity contribution in [1.82, 2.24) is 20.6 Å². The zero-order valence-electron chi connectivity index (χ0n) is 29.3. The Kier molecular flexibility index (Phi) is 7.83. The summed E-state index contributed by atoms with van der Waals surface area (Å²) < 4.78 is 0. The third-order valence-electron chi connectivity index (χ3n) is 9.99. The van der Waals surface area contributed by atoms with E-state index in [4.69, 9.17) is 0 Å². The highest BCUT2D eigenvalue weighted by Crippen LogP contribution is 2.39. The Labute approximate surface area is 318 Å². The predicted octanol–water partition coefficient (Wildman–Crippen LogP) is 4.67. The van der Waals surface area contributed by atoms with Crippen molar-refractivity contribution in [2.75, 3.05) is 0 Å². The van der Waals surface area contributed by atoms with Crippen molar-refractivity contribution in [3.05, 3.63) is 177 Å². The van der Waals surface area contributed by atoms with E-state index in [1.807, 2.05) is 48.6 Å². The fourth-order valence-corrected chi connectivity index (χ4v) is 7.85. The van der Waals surface area contributed by atoms with Crippen LogP contribution in [0.2, 0.25) is 0 Å². The van der Waals surface area contributed by atoms with Gasteiger partial charge >= 0.3 is 0 Å². The topological polar surface area (TPSA) is 217 Å². The van der Waals surface area contributed by atoms with Gasteiger partial charge in [-0.15, -0.1) is 0 Å². The van der Waals surface area contributed by atoms with E-state index >= 15 is 0 Å². The summed E-state index contributed by atoms with van der Waals surface area (Å²) in [6.45, 7) is 0. The van der Waals surface area contributed by atoms with Crippen LogP contribution in [0.3, 0.4) is 0 Å². The fraction of sp³-hybridized carbons (Fsp3) is 0.0455. The Balaban J connectivity index is 1.38. The molecule has 2 unspecified atom stereocenters. The number of aromatic nitrogens is 2. The molecule has 0 saturated carbocycles. The SMILES string of the molecule is Oc1cc(O)cc(/C2=C3\C=CC(N3)/C(c3cc(O)cc(O)c3)=c3/cc/c([nH]3)=C(\c3cc(O)cc(O)c3)C3C=C/C(=C(\c4cc(O)cc(O)c4)c4ccc2[nH]4)N3)c1. The number of H-pyrrole nitrogens is 2. The number of hydrogen-bond donors (Lipinski definition) is 12. The van der Waals surface area contributed by atoms with Crippen LogP contribution in [0, 0.1) is 0 Å². The number of aromatic amines is 2. The molecule has 6 aromatic rings. The number of phenols is 8. The van der Waals surface area contributed by atoms with Crippen LogP contribution >= 0.6 is 0 Å². The van der Waals surface area contributed by atoms with E-state index in [1.54, 1.807) is 24.3 Å². The lowest BCUT2D eigenvalue weighted by Gasteiger charge is -2.20. The van der Waals surface area contributed by atoms with Crippen molar-refractivity contribution >= 4 is 22.3 Å². The minimum absolute atomic E-state index is 0.142. The van der Waals surface area contributed by atoms with Crippen molar-refractivity contribution in [3.8, 4) is 46.0 Å². The second-order valence-corrected chi connectivity index (χ2v) is 13.9. The van der Waals surface area contributed by atoms with Crippen molar-refractivity contribution in [2.45, 2.75) is 12.1 Å². The molecular formula is C44H34N4O8. The van der Waals surface area contributed by atoms with Crippen molar-refractivity contribution in [1.29, 1.82) is 0 Å². The zero-order chi connectivity index (χ0) is 38.8. The number of nitrogens with one attached hydrogen (secondary N) is 4. The van der Waals surface area contributed by atoms with E-state index in [0.717, 1.165) is 0 Å². The van der Waals surface area contributed by atoms with Gasteiger partial charge in [0.05, 0.1) is 12.1 Å². The second kappa shape index (κ2) is 12.9. The molecular weight excluding hydrogens is 713 g/mol. The molecule has 0 radical (unpaired) electrons. The summed E-state index contributed by atoms with van der Waals surface area (Å²) in [5, 5.41) is 93.3. The minimum Gasteiger partial charge on any atom is -0.508 e. The Bertz CT molecular complexity index is 2610. The lowest BCUT2D eigenvalue weighted by atomic mass is 9.98. The van der Waals surface area contributed by atoms with Crippen LogP contribution < -0.4 is 21.3 Å². The number of phenolic OH excluding ortho intramolecular Hbond substituents is 8. The van der Waals surface area contributed by atoms with E-state index in [2.05, 4.69) is 20.6 Å². The average Bonchev–Trinajstić information content (AvgIpc) is 3.94. The number of hydrogen-bond acceptors (Lipinski definition) is 10. The highest BCUT2D eigenvalue weighted by Gasteiger charge is 2.28. The predicted molar refractivity (Wildman–Crippen MR) is 209 cm³/mol. The maximum Gasteiger partial charge on any atom is 0.119 e. The maximum atomic E-state index is 10.6. The smallest absolute Gasteiger partial charge is 0.119 e. The van der Waals surface area contributed by atoms with Gasteiger partial charge in [-0.25, -0.2) is 0 Å². The molecule has 2 atom stereocenters. The summed E-state index contributed by atoms with van der Waals surface area (Å²) in [5.41, 5.74) is 6.90. The lowest BCUT2D eigenvalue weighted by molar-refractivity contribution is 0.449. The van der Waals surface area contributed by atoms with E-state index in [1.165, 1.54) is 48.5 Å². The molecule has 3 aliphatic rings. The monoisotopic (exact) mass is 746 g/mol. The summed E-state index contributed by atoms with van der Waals surface area (Å²) >= 11 is 0. The van der Waals surface area contributed by atoms with Gasteiger partial charge < -0.3 is 61.5 Å². The van der Waals surface area contributed by atoms with Crippen LogP contribution in [0.25, 0.3) is 22.3 Å². The first-order chi connectivity index (χ1) is 26.9. The molecule has 5 heterocycles. The molecule has 0 saturated heterocycles. The van der Waals surface area contributed by atoms with E-state index in [-0.39, 0.29) is 46.0 Å². The summed E-state index contributed by atoms with van der Waals surface area (Å²) in [4.78, 5) is 7.04. The Morgan fingerprint density at radius 2 is 0.679 bits per heavy atom. The molecule has 2 aromatic heterocycles. The summed E-state index contributed by atoms with van der Waals surface area (Å²) in [6.07, 6.45) is 7.59. The molecule has 0 fully saturated rings. The van der Waals surface area contributed by atoms with Gasteiger partial charge in [-0.2, -0.15) is 0 Å². The first-order valence-electron chi connectivity index (χ1n) is 17.6. The number of allylic oxidation sites excluding steroid dienone is 2. The molecule has 3 aliphatic heterocycles. The molecule has 0 amide bonds. The third kappa shape index (κ3) is 6.10. The summed E-state index contributed by atoms with van der Waals surface area (Å²) in [5.74, 6) is -1.17. The average molecular weight is 747 g/mol. The van der Waals surface area contributed by atoms with Crippen LogP contribution in [-0.4, -0.2) is 62.9 Å². The molecule has 12 heteroatoms. The van der Waals surface area contributed by atoms with E-state index in [9.17, 15) is 40.9 Å². The molecule has 278 valence electrons. The van der Waals surface area contributed by atoms with Crippen molar-refractivity contribution in [2.24, 2.45) is 0 Å². The molecule has 56 heavy (non-hydrogen) atoms. The number of fused-ring (bicyclic) bond motifs is 8. The van der Waals surface area contributed by atoms with Crippen LogP contribution in [0.5, 0.6) is 46.0 Å². The van der Waals surface area contributed by atoms with Crippen LogP contribution in [0.4, 0.5) is 0 Å². The van der Waals surface area contributed by atoms with Crippen LogP contribution in [0.1, 0.15) is 33.6 Å². The van der Waals surface area contributed by atoms with Gasteiger partial charge in [-0.05, 0) is 107 Å².